The molecule has 0 radical (unpaired) electrons. The molecule has 0 bridgehead atoms. The molecule has 0 heterocycles. The van der Waals surface area contributed by atoms with Crippen LogP contribution in [-0.2, 0) is 6.54 Å². The lowest BCUT2D eigenvalue weighted by Gasteiger charge is -2.25. The maximum absolute atomic E-state index is 3.63. The van der Waals surface area contributed by atoms with Crippen molar-refractivity contribution in [3.63, 3.8) is 0 Å². The van der Waals surface area contributed by atoms with Gasteiger partial charge in [-0.15, -0.1) is 0 Å². The van der Waals surface area contributed by atoms with E-state index >= 15 is 0 Å². The number of rotatable bonds is 6. The largest absolute Gasteiger partial charge is 0.312 e. The Morgan fingerprint density at radius 2 is 1.61 bits per heavy atom. The van der Waals surface area contributed by atoms with Crippen molar-refractivity contribution < 1.29 is 0 Å². The Hall–Kier alpha value is -0.820. The van der Waals surface area contributed by atoms with E-state index in [1.807, 2.05) is 0 Å². The number of hydrogen-bond acceptors (Lipinski definition) is 1. The highest BCUT2D eigenvalue weighted by atomic mass is 14.9. The van der Waals surface area contributed by atoms with Gasteiger partial charge >= 0.3 is 0 Å². The Balaban J connectivity index is 2.53. The molecule has 102 valence electrons. The van der Waals surface area contributed by atoms with Crippen LogP contribution in [0.2, 0.25) is 0 Å². The molecule has 1 aromatic rings. The molecule has 0 aliphatic carbocycles. The first-order valence-corrected chi connectivity index (χ1v) is 7.19. The normalized spacial score (nSPS) is 11.8. The van der Waals surface area contributed by atoms with Crippen molar-refractivity contribution in [3.05, 3.63) is 34.9 Å². The van der Waals surface area contributed by atoms with Crippen molar-refractivity contribution in [2.75, 3.05) is 6.54 Å². The molecule has 0 amide bonds. The van der Waals surface area contributed by atoms with Crippen molar-refractivity contribution in [2.24, 2.45) is 17.8 Å². The molecule has 0 aliphatic heterocycles. The van der Waals surface area contributed by atoms with Crippen molar-refractivity contribution >= 4 is 0 Å². The van der Waals surface area contributed by atoms with E-state index in [1.165, 1.54) is 16.7 Å². The monoisotopic (exact) mass is 247 g/mol. The molecule has 1 N–H and O–H groups in total. The summed E-state index contributed by atoms with van der Waals surface area (Å²) in [4.78, 5) is 0. The molecule has 1 heteroatoms. The fourth-order valence-corrected chi connectivity index (χ4v) is 2.62. The fourth-order valence-electron chi connectivity index (χ4n) is 2.62. The third-order valence-electron chi connectivity index (χ3n) is 4.12. The maximum atomic E-state index is 3.63. The van der Waals surface area contributed by atoms with Crippen molar-refractivity contribution in [1.82, 2.24) is 5.32 Å². The molecule has 0 unspecified atom stereocenters. The van der Waals surface area contributed by atoms with Gasteiger partial charge in [0.15, 0.2) is 0 Å². The van der Waals surface area contributed by atoms with E-state index in [2.05, 4.69) is 65.1 Å². The quantitative estimate of drug-likeness (QED) is 0.789. The maximum Gasteiger partial charge on any atom is 0.0208 e. The second kappa shape index (κ2) is 6.94. The van der Waals surface area contributed by atoms with Crippen LogP contribution in [0.4, 0.5) is 0 Å². The Bertz CT molecular complexity index is 358. The molecule has 18 heavy (non-hydrogen) atoms. The topological polar surface area (TPSA) is 12.0 Å². The molecule has 1 aromatic carbocycles. The van der Waals surface area contributed by atoms with Crippen LogP contribution in [0, 0.1) is 31.6 Å². The van der Waals surface area contributed by atoms with Gasteiger partial charge in [-0.2, -0.15) is 0 Å². The Morgan fingerprint density at radius 3 is 2.17 bits per heavy atom. The zero-order valence-electron chi connectivity index (χ0n) is 12.9. The van der Waals surface area contributed by atoms with Gasteiger partial charge in [0.05, 0.1) is 0 Å². The average molecular weight is 247 g/mol. The number of benzene rings is 1. The Kier molecular flexibility index (Phi) is 5.87. The van der Waals surface area contributed by atoms with Crippen LogP contribution in [0.5, 0.6) is 0 Å². The van der Waals surface area contributed by atoms with Gasteiger partial charge in [-0.05, 0) is 54.8 Å². The van der Waals surface area contributed by atoms with E-state index < -0.39 is 0 Å². The fraction of sp³-hybridized carbons (Fsp3) is 0.647. The SMILES string of the molecule is Cc1cccc(CNCC(C(C)C)C(C)C)c1C. The van der Waals surface area contributed by atoms with E-state index in [-0.39, 0.29) is 0 Å². The first-order chi connectivity index (χ1) is 8.43. The predicted molar refractivity (Wildman–Crippen MR) is 80.8 cm³/mol. The van der Waals surface area contributed by atoms with E-state index in [0.717, 1.165) is 30.8 Å². The smallest absolute Gasteiger partial charge is 0.0208 e. The van der Waals surface area contributed by atoms with Gasteiger partial charge in [0, 0.05) is 6.54 Å². The molecule has 1 rings (SSSR count). The Labute approximate surface area is 113 Å². The van der Waals surface area contributed by atoms with Crippen LogP contribution in [-0.4, -0.2) is 6.54 Å². The first-order valence-electron chi connectivity index (χ1n) is 7.19. The minimum Gasteiger partial charge on any atom is -0.312 e. The van der Waals surface area contributed by atoms with Crippen LogP contribution in [0.15, 0.2) is 18.2 Å². The van der Waals surface area contributed by atoms with Crippen molar-refractivity contribution in [1.29, 1.82) is 0 Å². The Morgan fingerprint density at radius 1 is 1.00 bits per heavy atom. The molecular weight excluding hydrogens is 218 g/mol. The van der Waals surface area contributed by atoms with Gasteiger partial charge < -0.3 is 5.32 Å². The van der Waals surface area contributed by atoms with Crippen molar-refractivity contribution in [3.8, 4) is 0 Å². The summed E-state index contributed by atoms with van der Waals surface area (Å²) < 4.78 is 0. The molecule has 1 nitrogen and oxygen atoms in total. The second-order valence-electron chi connectivity index (χ2n) is 6.14. The lowest BCUT2D eigenvalue weighted by atomic mass is 9.85. The molecule has 0 aliphatic rings. The van der Waals surface area contributed by atoms with Gasteiger partial charge in [-0.3, -0.25) is 0 Å². The van der Waals surface area contributed by atoms with Gasteiger partial charge in [0.1, 0.15) is 0 Å². The summed E-state index contributed by atoms with van der Waals surface area (Å²) >= 11 is 0. The van der Waals surface area contributed by atoms with Gasteiger partial charge in [-0.1, -0.05) is 45.9 Å². The average Bonchev–Trinajstić information content (AvgIpc) is 2.28. The zero-order valence-corrected chi connectivity index (χ0v) is 12.9. The zero-order chi connectivity index (χ0) is 13.7. The summed E-state index contributed by atoms with van der Waals surface area (Å²) in [6.07, 6.45) is 0. The highest BCUT2D eigenvalue weighted by Gasteiger charge is 2.16. The standard InChI is InChI=1S/C17H29N/c1-12(2)17(13(3)4)11-18-10-16-9-7-8-14(5)15(16)6/h7-9,12-13,17-18H,10-11H2,1-6H3. The molecular formula is C17H29N. The van der Waals surface area contributed by atoms with Crippen LogP contribution in [0.1, 0.15) is 44.4 Å². The minimum absolute atomic E-state index is 0.746. The van der Waals surface area contributed by atoms with Crippen LogP contribution >= 0.6 is 0 Å². The third-order valence-corrected chi connectivity index (χ3v) is 4.12. The van der Waals surface area contributed by atoms with Crippen LogP contribution < -0.4 is 5.32 Å². The van der Waals surface area contributed by atoms with Gasteiger partial charge in [0.2, 0.25) is 0 Å². The molecule has 0 saturated carbocycles. The summed E-state index contributed by atoms with van der Waals surface area (Å²) in [6.45, 7) is 15.8. The van der Waals surface area contributed by atoms with E-state index in [9.17, 15) is 0 Å². The number of nitrogens with one attached hydrogen (secondary N) is 1. The third kappa shape index (κ3) is 4.13. The summed E-state index contributed by atoms with van der Waals surface area (Å²) in [5.74, 6) is 2.25. The molecule has 0 spiro atoms. The highest BCUT2D eigenvalue weighted by molar-refractivity contribution is 5.32. The van der Waals surface area contributed by atoms with E-state index in [0.29, 0.717) is 0 Å². The summed E-state index contributed by atoms with van der Waals surface area (Å²) in [5, 5.41) is 3.63. The summed E-state index contributed by atoms with van der Waals surface area (Å²) in [7, 11) is 0. The molecule has 0 saturated heterocycles. The first kappa shape index (κ1) is 15.2. The minimum atomic E-state index is 0.746. The van der Waals surface area contributed by atoms with Gasteiger partial charge in [0.25, 0.3) is 0 Å². The molecule has 0 atom stereocenters. The van der Waals surface area contributed by atoms with Gasteiger partial charge in [-0.25, -0.2) is 0 Å². The molecule has 0 aromatic heterocycles. The molecule has 0 fully saturated rings. The predicted octanol–water partition coefficient (Wildman–Crippen LogP) is 4.32. The van der Waals surface area contributed by atoms with Crippen molar-refractivity contribution in [2.45, 2.75) is 48.1 Å². The van der Waals surface area contributed by atoms with Crippen LogP contribution in [0.3, 0.4) is 0 Å². The summed E-state index contributed by atoms with van der Waals surface area (Å²) in [6, 6.07) is 6.57. The van der Waals surface area contributed by atoms with E-state index in [4.69, 9.17) is 0 Å². The highest BCUT2D eigenvalue weighted by Crippen LogP contribution is 2.20. The second-order valence-corrected chi connectivity index (χ2v) is 6.14. The lowest BCUT2D eigenvalue weighted by Crippen LogP contribution is -2.29. The lowest BCUT2D eigenvalue weighted by molar-refractivity contribution is 0.275. The van der Waals surface area contributed by atoms with Crippen LogP contribution in [0.25, 0.3) is 0 Å². The summed E-state index contributed by atoms with van der Waals surface area (Å²) in [5.41, 5.74) is 4.25. The number of aryl methyl sites for hydroxylation is 1. The number of hydrogen-bond donors (Lipinski definition) is 1. The van der Waals surface area contributed by atoms with E-state index in [1.54, 1.807) is 0 Å².